The lowest BCUT2D eigenvalue weighted by Gasteiger charge is -2.07. The molecule has 3 heteroatoms. The van der Waals surface area contributed by atoms with Gasteiger partial charge >= 0.3 is 0 Å². The summed E-state index contributed by atoms with van der Waals surface area (Å²) in [6.45, 7) is 3.60. The number of rotatable bonds is 2. The number of phenols is 2. The van der Waals surface area contributed by atoms with Gasteiger partial charge in [0.15, 0.2) is 5.78 Å². The van der Waals surface area contributed by atoms with Crippen molar-refractivity contribution in [2.75, 3.05) is 0 Å². The average Bonchev–Trinajstić information content (AvgIpc) is 2.33. The highest BCUT2D eigenvalue weighted by atomic mass is 16.3. The maximum Gasteiger partial charge on any atom is 0.189 e. The number of carbonyl (C=O) groups excluding carboxylic acids is 1. The summed E-state index contributed by atoms with van der Waals surface area (Å²) in [5.41, 5.74) is 0.958. The van der Waals surface area contributed by atoms with Crippen LogP contribution in [-0.4, -0.2) is 16.0 Å². The summed E-state index contributed by atoms with van der Waals surface area (Å²) >= 11 is 0. The normalized spacial score (nSPS) is 10.3. The molecule has 2 aromatic rings. The largest absolute Gasteiger partial charge is 0.507 e. The van der Waals surface area contributed by atoms with Crippen molar-refractivity contribution in [1.29, 1.82) is 0 Å². The number of hydrogen-bond donors (Lipinski definition) is 2. The molecule has 0 radical (unpaired) electrons. The van der Waals surface area contributed by atoms with Crippen molar-refractivity contribution < 1.29 is 15.0 Å². The molecule has 0 fully saturated rings. The Hall–Kier alpha value is -2.29. The van der Waals surface area contributed by atoms with Gasteiger partial charge in [-0.25, -0.2) is 0 Å². The van der Waals surface area contributed by atoms with Crippen LogP contribution in [0.1, 0.15) is 24.2 Å². The van der Waals surface area contributed by atoms with Crippen molar-refractivity contribution in [2.24, 2.45) is 0 Å². The molecule has 0 aromatic heterocycles. The maximum absolute atomic E-state index is 11.9. The lowest BCUT2D eigenvalue weighted by atomic mass is 10.0. The summed E-state index contributed by atoms with van der Waals surface area (Å²) in [6.07, 6.45) is 1.43. The Bertz CT molecular complexity index is 650. The van der Waals surface area contributed by atoms with Gasteiger partial charge in [-0.05, 0) is 26.0 Å². The lowest BCUT2D eigenvalue weighted by Crippen LogP contribution is -1.96. The van der Waals surface area contributed by atoms with Crippen LogP contribution in [0.25, 0.3) is 10.8 Å². The minimum atomic E-state index is -0.312. The first-order valence-electron chi connectivity index (χ1n) is 5.63. The van der Waals surface area contributed by atoms with Crippen molar-refractivity contribution in [3.8, 4) is 11.5 Å². The molecule has 18 heavy (non-hydrogen) atoms. The molecule has 0 aliphatic heterocycles. The standard InChI is InChI=1S/C15H14O3/c1-9(2)7-13(16)12-8-14(17)10-5-3-4-6-11(10)15(12)18/h3-8,17-18H,1-2H3. The Labute approximate surface area is 105 Å². The van der Waals surface area contributed by atoms with E-state index in [1.165, 1.54) is 12.1 Å². The Kier molecular flexibility index (Phi) is 3.06. The first-order chi connectivity index (χ1) is 8.50. The van der Waals surface area contributed by atoms with E-state index in [4.69, 9.17) is 0 Å². The van der Waals surface area contributed by atoms with Gasteiger partial charge < -0.3 is 10.2 Å². The molecule has 0 bridgehead atoms. The van der Waals surface area contributed by atoms with Gasteiger partial charge in [-0.3, -0.25) is 4.79 Å². The van der Waals surface area contributed by atoms with Crippen LogP contribution >= 0.6 is 0 Å². The molecule has 2 aromatic carbocycles. The molecule has 0 saturated carbocycles. The highest BCUT2D eigenvalue weighted by Gasteiger charge is 2.15. The van der Waals surface area contributed by atoms with Crippen LogP contribution < -0.4 is 0 Å². The van der Waals surface area contributed by atoms with Gasteiger partial charge in [0.25, 0.3) is 0 Å². The summed E-state index contributed by atoms with van der Waals surface area (Å²) in [4.78, 5) is 11.9. The summed E-state index contributed by atoms with van der Waals surface area (Å²) in [5, 5.41) is 21.0. The number of carbonyl (C=O) groups is 1. The monoisotopic (exact) mass is 242 g/mol. The molecule has 0 heterocycles. The number of allylic oxidation sites excluding steroid dienone is 2. The quantitative estimate of drug-likeness (QED) is 0.482. The smallest absolute Gasteiger partial charge is 0.189 e. The van der Waals surface area contributed by atoms with Crippen molar-refractivity contribution >= 4 is 16.6 Å². The number of ketones is 1. The van der Waals surface area contributed by atoms with E-state index in [2.05, 4.69) is 0 Å². The summed E-state index contributed by atoms with van der Waals surface area (Å²) in [6, 6.07) is 8.18. The van der Waals surface area contributed by atoms with Gasteiger partial charge in [0.05, 0.1) is 5.56 Å². The molecule has 92 valence electrons. The molecule has 0 spiro atoms. The Balaban J connectivity index is 2.71. The molecule has 3 nitrogen and oxygen atoms in total. The predicted octanol–water partition coefficient (Wildman–Crippen LogP) is 3.40. The van der Waals surface area contributed by atoms with Gasteiger partial charge in [-0.2, -0.15) is 0 Å². The number of hydrogen-bond acceptors (Lipinski definition) is 3. The second-order valence-corrected chi connectivity index (χ2v) is 4.42. The SMILES string of the molecule is CC(C)=CC(=O)c1cc(O)c2ccccc2c1O. The Morgan fingerprint density at radius 1 is 1.11 bits per heavy atom. The van der Waals surface area contributed by atoms with Crippen LogP contribution in [0.15, 0.2) is 42.0 Å². The van der Waals surface area contributed by atoms with Gasteiger partial charge in [-0.15, -0.1) is 0 Å². The highest BCUT2D eigenvalue weighted by molar-refractivity contribution is 6.11. The van der Waals surface area contributed by atoms with Gasteiger partial charge in [-0.1, -0.05) is 29.8 Å². The van der Waals surface area contributed by atoms with E-state index in [-0.39, 0.29) is 22.8 Å². The van der Waals surface area contributed by atoms with E-state index in [0.29, 0.717) is 10.8 Å². The van der Waals surface area contributed by atoms with Crippen molar-refractivity contribution in [3.05, 3.63) is 47.5 Å². The fraction of sp³-hybridized carbons (Fsp3) is 0.133. The second-order valence-electron chi connectivity index (χ2n) is 4.42. The first-order valence-corrected chi connectivity index (χ1v) is 5.63. The molecule has 0 aliphatic carbocycles. The van der Waals surface area contributed by atoms with Crippen molar-refractivity contribution in [2.45, 2.75) is 13.8 Å². The zero-order valence-electron chi connectivity index (χ0n) is 10.3. The molecule has 0 unspecified atom stereocenters. The molecule has 2 rings (SSSR count). The zero-order valence-corrected chi connectivity index (χ0v) is 10.3. The van der Waals surface area contributed by atoms with Crippen molar-refractivity contribution in [1.82, 2.24) is 0 Å². The van der Waals surface area contributed by atoms with Crippen LogP contribution in [0.3, 0.4) is 0 Å². The van der Waals surface area contributed by atoms with Gasteiger partial charge in [0.2, 0.25) is 0 Å². The van der Waals surface area contributed by atoms with E-state index < -0.39 is 0 Å². The summed E-state index contributed by atoms with van der Waals surface area (Å²) in [7, 11) is 0. The van der Waals surface area contributed by atoms with Crippen LogP contribution in [-0.2, 0) is 0 Å². The summed E-state index contributed by atoms with van der Waals surface area (Å²) in [5.74, 6) is -0.409. The number of phenolic OH excluding ortho intramolecular Hbond substituents is 2. The number of aromatic hydroxyl groups is 2. The van der Waals surface area contributed by atoms with Gasteiger partial charge in [0, 0.05) is 10.8 Å². The number of fused-ring (bicyclic) bond motifs is 1. The fourth-order valence-electron chi connectivity index (χ4n) is 1.87. The fourth-order valence-corrected chi connectivity index (χ4v) is 1.87. The van der Waals surface area contributed by atoms with E-state index in [1.807, 2.05) is 0 Å². The molecule has 0 atom stereocenters. The third-order valence-corrected chi connectivity index (χ3v) is 2.68. The topological polar surface area (TPSA) is 57.5 Å². The van der Waals surface area contributed by atoms with Gasteiger partial charge in [0.1, 0.15) is 11.5 Å². The van der Waals surface area contributed by atoms with E-state index in [9.17, 15) is 15.0 Å². The average molecular weight is 242 g/mol. The minimum absolute atomic E-state index is 0.00564. The Morgan fingerprint density at radius 3 is 2.33 bits per heavy atom. The molecular weight excluding hydrogens is 228 g/mol. The van der Waals surface area contributed by atoms with E-state index in [1.54, 1.807) is 38.1 Å². The first kappa shape index (κ1) is 12.2. The highest BCUT2D eigenvalue weighted by Crippen LogP contribution is 2.35. The van der Waals surface area contributed by atoms with Crippen molar-refractivity contribution in [3.63, 3.8) is 0 Å². The molecule has 2 N–H and O–H groups in total. The lowest BCUT2D eigenvalue weighted by molar-refractivity contribution is 0.104. The second kappa shape index (κ2) is 4.53. The third-order valence-electron chi connectivity index (χ3n) is 2.68. The number of benzene rings is 2. The summed E-state index contributed by atoms with van der Waals surface area (Å²) < 4.78 is 0. The Morgan fingerprint density at radius 2 is 1.72 bits per heavy atom. The van der Waals surface area contributed by atoms with Crippen LogP contribution in [0.4, 0.5) is 0 Å². The minimum Gasteiger partial charge on any atom is -0.507 e. The third kappa shape index (κ3) is 2.07. The predicted molar refractivity (Wildman–Crippen MR) is 71.0 cm³/mol. The van der Waals surface area contributed by atoms with Crippen LogP contribution in [0, 0.1) is 0 Å². The van der Waals surface area contributed by atoms with Crippen LogP contribution in [0.5, 0.6) is 11.5 Å². The van der Waals surface area contributed by atoms with E-state index >= 15 is 0 Å². The molecule has 0 aliphatic rings. The zero-order chi connectivity index (χ0) is 13.3. The maximum atomic E-state index is 11.9. The molecule has 0 saturated heterocycles. The molecular formula is C15H14O3. The van der Waals surface area contributed by atoms with E-state index in [0.717, 1.165) is 5.57 Å². The molecule has 0 amide bonds. The van der Waals surface area contributed by atoms with Crippen LogP contribution in [0.2, 0.25) is 0 Å².